The summed E-state index contributed by atoms with van der Waals surface area (Å²) in [6.07, 6.45) is 1.46. The maximum absolute atomic E-state index is 12.3. The summed E-state index contributed by atoms with van der Waals surface area (Å²) in [5, 5.41) is 14.6. The molecular weight excluding hydrogens is 611 g/mol. The van der Waals surface area contributed by atoms with Crippen molar-refractivity contribution in [3.05, 3.63) is 78.9 Å². The Bertz CT molecular complexity index is 1410. The Hall–Kier alpha value is -3.36. The number of amides is 1. The van der Waals surface area contributed by atoms with Crippen LogP contribution in [0.3, 0.4) is 0 Å². The largest absolute Gasteiger partial charge is 0.490 e. The number of methoxy groups -OCH3 is 1. The van der Waals surface area contributed by atoms with Crippen LogP contribution in [0.2, 0.25) is 10.0 Å². The third kappa shape index (κ3) is 8.31. The highest BCUT2D eigenvalue weighted by Gasteiger charge is 2.18. The number of hydrogen-bond donors (Lipinski definition) is 1. The minimum absolute atomic E-state index is 0.0428. The molecule has 0 atom stereocenters. The molecule has 0 fully saturated rings. The van der Waals surface area contributed by atoms with Gasteiger partial charge < -0.3 is 18.9 Å². The van der Waals surface area contributed by atoms with Gasteiger partial charge in [0.25, 0.3) is 5.91 Å². The lowest BCUT2D eigenvalue weighted by Crippen LogP contribution is -2.25. The lowest BCUT2D eigenvalue weighted by Gasteiger charge is -2.13. The fourth-order valence-corrected chi connectivity index (χ4v) is 4.21. The van der Waals surface area contributed by atoms with E-state index in [1.807, 2.05) is 6.92 Å². The van der Waals surface area contributed by atoms with Crippen LogP contribution in [0.25, 0.3) is 0 Å². The molecule has 9 nitrogen and oxygen atoms in total. The number of nitrogens with one attached hydrogen (secondary N) is 1. The molecule has 12 heteroatoms. The summed E-state index contributed by atoms with van der Waals surface area (Å²) in [5.41, 5.74) is 5.22. The van der Waals surface area contributed by atoms with Gasteiger partial charge in [0.15, 0.2) is 18.1 Å². The normalized spacial score (nSPS) is 10.8. The molecule has 1 aromatic heterocycles. The molecule has 2 aromatic carbocycles. The predicted molar refractivity (Wildman–Crippen MR) is 152 cm³/mol. The van der Waals surface area contributed by atoms with Gasteiger partial charge in [-0.25, -0.2) is 10.4 Å². The van der Waals surface area contributed by atoms with Crippen LogP contribution in [0.15, 0.2) is 46.0 Å². The van der Waals surface area contributed by atoms with Crippen LogP contribution in [0.1, 0.15) is 34.9 Å². The van der Waals surface area contributed by atoms with Crippen molar-refractivity contribution in [2.24, 2.45) is 5.10 Å². The van der Waals surface area contributed by atoms with E-state index >= 15 is 0 Å². The molecule has 204 valence electrons. The van der Waals surface area contributed by atoms with Gasteiger partial charge in [-0.2, -0.15) is 10.4 Å². The van der Waals surface area contributed by atoms with Crippen LogP contribution in [-0.2, 0) is 22.7 Å². The minimum Gasteiger partial charge on any atom is -0.490 e. The summed E-state index contributed by atoms with van der Waals surface area (Å²) in [5.74, 6) is 0.543. The molecular formula is C27H25BrCl2N4O5. The molecule has 0 unspecified atom stereocenters. The molecule has 0 bridgehead atoms. The lowest BCUT2D eigenvalue weighted by atomic mass is 10.1. The first-order chi connectivity index (χ1) is 18.8. The Morgan fingerprint density at radius 2 is 1.95 bits per heavy atom. The van der Waals surface area contributed by atoms with Crippen molar-refractivity contribution in [1.29, 1.82) is 5.26 Å². The Morgan fingerprint density at radius 3 is 2.64 bits per heavy atom. The maximum Gasteiger partial charge on any atom is 0.278 e. The van der Waals surface area contributed by atoms with Gasteiger partial charge in [0.1, 0.15) is 18.2 Å². The number of hydrazone groups is 1. The Morgan fingerprint density at radius 1 is 1.15 bits per heavy atom. The van der Waals surface area contributed by atoms with Gasteiger partial charge in [0.05, 0.1) is 25.1 Å². The predicted octanol–water partition coefficient (Wildman–Crippen LogP) is 5.98. The number of aromatic nitrogens is 1. The van der Waals surface area contributed by atoms with E-state index in [9.17, 15) is 10.1 Å². The summed E-state index contributed by atoms with van der Waals surface area (Å²) in [6.45, 7) is 4.05. The number of ether oxygens (including phenoxy) is 4. The highest BCUT2D eigenvalue weighted by atomic mass is 79.9. The van der Waals surface area contributed by atoms with Gasteiger partial charge in [-0.05, 0) is 65.7 Å². The molecule has 1 N–H and O–H groups in total. The van der Waals surface area contributed by atoms with Gasteiger partial charge in [-0.3, -0.25) is 4.79 Å². The Balaban J connectivity index is 1.62. The SMILES string of the molecule is CCOc1cc(/C=N\NC(=O)COc2nc(C)c(Br)c(COC)c2C#N)ccc1OCc1ccc(Cl)cc1Cl. The Kier molecular flexibility index (Phi) is 11.4. The van der Waals surface area contributed by atoms with Gasteiger partial charge in [0.2, 0.25) is 5.88 Å². The van der Waals surface area contributed by atoms with Crippen molar-refractivity contribution in [2.75, 3.05) is 20.3 Å². The molecule has 1 amide bonds. The number of halogens is 3. The zero-order chi connectivity index (χ0) is 28.4. The maximum atomic E-state index is 12.3. The van der Waals surface area contributed by atoms with Crippen LogP contribution in [0.4, 0.5) is 0 Å². The Labute approximate surface area is 244 Å². The summed E-state index contributed by atoms with van der Waals surface area (Å²) in [6, 6.07) is 12.5. The number of carbonyl (C=O) groups excluding carboxylic acids is 1. The smallest absolute Gasteiger partial charge is 0.278 e. The number of nitrogens with zero attached hydrogens (tertiary/aromatic N) is 3. The molecule has 0 spiro atoms. The van der Waals surface area contributed by atoms with Gasteiger partial charge in [-0.15, -0.1) is 0 Å². The molecule has 0 aliphatic carbocycles. The second-order valence-corrected chi connectivity index (χ2v) is 9.60. The molecule has 0 aliphatic rings. The highest BCUT2D eigenvalue weighted by molar-refractivity contribution is 9.10. The molecule has 0 aliphatic heterocycles. The number of nitriles is 1. The molecule has 0 saturated carbocycles. The summed E-state index contributed by atoms with van der Waals surface area (Å²) < 4.78 is 22.9. The van der Waals surface area contributed by atoms with Crippen LogP contribution in [0, 0.1) is 18.3 Å². The average molecular weight is 636 g/mol. The first-order valence-electron chi connectivity index (χ1n) is 11.6. The zero-order valence-corrected chi connectivity index (χ0v) is 24.5. The molecule has 0 radical (unpaired) electrons. The summed E-state index contributed by atoms with van der Waals surface area (Å²) >= 11 is 15.6. The topological polar surface area (TPSA) is 115 Å². The van der Waals surface area contributed by atoms with E-state index in [1.165, 1.54) is 13.3 Å². The molecule has 1 heterocycles. The summed E-state index contributed by atoms with van der Waals surface area (Å²) in [7, 11) is 1.52. The average Bonchev–Trinajstić information content (AvgIpc) is 2.91. The highest BCUT2D eigenvalue weighted by Crippen LogP contribution is 2.31. The van der Waals surface area contributed by atoms with Crippen LogP contribution < -0.4 is 19.6 Å². The second kappa shape index (κ2) is 14.7. The molecule has 3 aromatic rings. The van der Waals surface area contributed by atoms with Gasteiger partial charge >= 0.3 is 0 Å². The third-order valence-electron chi connectivity index (χ3n) is 5.18. The van der Waals surface area contributed by atoms with Crippen molar-refractivity contribution in [2.45, 2.75) is 27.1 Å². The number of rotatable bonds is 12. The van der Waals surface area contributed by atoms with E-state index in [1.54, 1.807) is 43.3 Å². The van der Waals surface area contributed by atoms with Gasteiger partial charge in [0, 0.05) is 32.8 Å². The van der Waals surface area contributed by atoms with E-state index in [0.717, 1.165) is 5.56 Å². The van der Waals surface area contributed by atoms with E-state index < -0.39 is 12.5 Å². The second-order valence-electron chi connectivity index (χ2n) is 7.96. The van der Waals surface area contributed by atoms with Crippen LogP contribution >= 0.6 is 39.1 Å². The van der Waals surface area contributed by atoms with E-state index in [0.29, 0.717) is 49.4 Å². The van der Waals surface area contributed by atoms with Crippen molar-refractivity contribution >= 4 is 51.3 Å². The molecule has 39 heavy (non-hydrogen) atoms. The standard InChI is InChI=1S/C27H25BrCl2N4O5/c1-4-37-24-9-17(5-8-23(24)38-13-18-6-7-19(29)10-22(18)30)12-32-34-25(35)15-39-27-20(11-31)21(14-36-3)26(28)16(2)33-27/h5-10,12H,4,13-15H2,1-3H3,(H,34,35)/b32-12-. The third-order valence-corrected chi connectivity index (χ3v) is 6.82. The van der Waals surface area contributed by atoms with Gasteiger partial charge in [-0.1, -0.05) is 29.3 Å². The van der Waals surface area contributed by atoms with Crippen molar-refractivity contribution in [3.63, 3.8) is 0 Å². The fourth-order valence-electron chi connectivity index (χ4n) is 3.35. The van der Waals surface area contributed by atoms with E-state index in [-0.39, 0.29) is 24.7 Å². The van der Waals surface area contributed by atoms with Crippen molar-refractivity contribution in [3.8, 4) is 23.4 Å². The first-order valence-corrected chi connectivity index (χ1v) is 13.2. The quantitative estimate of drug-likeness (QED) is 0.192. The number of hydrogen-bond acceptors (Lipinski definition) is 8. The van der Waals surface area contributed by atoms with Crippen molar-refractivity contribution in [1.82, 2.24) is 10.4 Å². The monoisotopic (exact) mass is 634 g/mol. The van der Waals surface area contributed by atoms with Crippen molar-refractivity contribution < 1.29 is 23.7 Å². The van der Waals surface area contributed by atoms with Crippen LogP contribution in [-0.4, -0.2) is 37.4 Å². The zero-order valence-electron chi connectivity index (χ0n) is 21.4. The first kappa shape index (κ1) is 30.2. The summed E-state index contributed by atoms with van der Waals surface area (Å²) in [4.78, 5) is 16.6. The number of carbonyl (C=O) groups is 1. The number of aryl methyl sites for hydroxylation is 1. The number of benzene rings is 2. The minimum atomic E-state index is -0.532. The fraction of sp³-hybridized carbons (Fsp3) is 0.259. The number of pyridine rings is 1. The molecule has 0 saturated heterocycles. The lowest BCUT2D eigenvalue weighted by molar-refractivity contribution is -0.123. The molecule has 3 rings (SSSR count). The van der Waals surface area contributed by atoms with Crippen LogP contribution in [0.5, 0.6) is 17.4 Å². The van der Waals surface area contributed by atoms with E-state index in [4.69, 9.17) is 42.1 Å². The van der Waals surface area contributed by atoms with E-state index in [2.05, 4.69) is 37.5 Å².